The molecule has 1 heterocycles. The van der Waals surface area contributed by atoms with Crippen LogP contribution in [0.2, 0.25) is 0 Å². The van der Waals surface area contributed by atoms with Crippen LogP contribution in [0.1, 0.15) is 11.3 Å². The zero-order valence-electron chi connectivity index (χ0n) is 11.4. The first-order valence-corrected chi connectivity index (χ1v) is 6.36. The van der Waals surface area contributed by atoms with Crippen molar-refractivity contribution < 1.29 is 20.1 Å². The van der Waals surface area contributed by atoms with Crippen molar-refractivity contribution in [1.82, 2.24) is 9.78 Å². The van der Waals surface area contributed by atoms with E-state index < -0.39 is 0 Å². The summed E-state index contributed by atoms with van der Waals surface area (Å²) in [5.41, 5.74) is 5.53. The van der Waals surface area contributed by atoms with E-state index in [-0.39, 0.29) is 20.1 Å². The van der Waals surface area contributed by atoms with Gasteiger partial charge in [0.25, 0.3) is 0 Å². The Hall–Kier alpha value is -1.70. The van der Waals surface area contributed by atoms with E-state index >= 15 is 0 Å². The molecule has 0 aliphatic carbocycles. The van der Waals surface area contributed by atoms with Gasteiger partial charge in [0.15, 0.2) is 0 Å². The molecule has 0 aliphatic heterocycles. The van der Waals surface area contributed by atoms with Crippen molar-refractivity contribution in [2.45, 2.75) is 13.8 Å². The molecule has 0 bridgehead atoms. The minimum Gasteiger partial charge on any atom is -0.262 e. The van der Waals surface area contributed by atoms with E-state index in [1.54, 1.807) is 0 Å². The van der Waals surface area contributed by atoms with Crippen LogP contribution in [0, 0.1) is 19.9 Å². The fraction of sp³-hybridized carbons (Fsp3) is 0.118. The second kappa shape index (κ2) is 6.17. The minimum absolute atomic E-state index is 0. The molecule has 2 nitrogen and oxygen atoms in total. The van der Waals surface area contributed by atoms with Crippen molar-refractivity contribution in [1.29, 1.82) is 0 Å². The maximum absolute atomic E-state index is 4.74. The summed E-state index contributed by atoms with van der Waals surface area (Å²) in [4.78, 5) is 0. The SMILES string of the molecule is Cc1c(-c2ccccc2)nn(-c2[c-]cccc2)c1C.[Ir]. The first-order valence-electron chi connectivity index (χ1n) is 6.36. The maximum Gasteiger partial charge on any atom is 0.0958 e. The molecule has 3 rings (SSSR count). The molecule has 2 aromatic carbocycles. The molecule has 0 aliphatic rings. The van der Waals surface area contributed by atoms with Crippen LogP contribution in [0.15, 0.2) is 54.6 Å². The van der Waals surface area contributed by atoms with Gasteiger partial charge in [-0.15, -0.1) is 6.07 Å². The van der Waals surface area contributed by atoms with Gasteiger partial charge in [0.1, 0.15) is 0 Å². The predicted octanol–water partition coefficient (Wildman–Crippen LogP) is 3.95. The van der Waals surface area contributed by atoms with E-state index in [1.165, 1.54) is 5.56 Å². The number of para-hydroxylation sites is 1. The number of aromatic nitrogens is 2. The van der Waals surface area contributed by atoms with Crippen LogP contribution in [0.25, 0.3) is 16.9 Å². The van der Waals surface area contributed by atoms with Crippen molar-refractivity contribution in [3.05, 3.63) is 71.9 Å². The number of nitrogens with zero attached hydrogens (tertiary/aromatic N) is 2. The van der Waals surface area contributed by atoms with Gasteiger partial charge in [0.05, 0.1) is 5.69 Å². The van der Waals surface area contributed by atoms with Crippen LogP contribution in [-0.2, 0) is 20.1 Å². The molecule has 0 saturated heterocycles. The van der Waals surface area contributed by atoms with E-state index in [1.807, 2.05) is 47.1 Å². The van der Waals surface area contributed by atoms with E-state index in [0.717, 1.165) is 22.6 Å². The zero-order valence-corrected chi connectivity index (χ0v) is 13.8. The maximum atomic E-state index is 4.74. The van der Waals surface area contributed by atoms with Gasteiger partial charge in [-0.3, -0.25) is 4.68 Å². The van der Waals surface area contributed by atoms with Gasteiger partial charge >= 0.3 is 0 Å². The fourth-order valence-corrected chi connectivity index (χ4v) is 2.20. The molecule has 0 saturated carbocycles. The Balaban J connectivity index is 0.00000147. The Morgan fingerprint density at radius 2 is 1.65 bits per heavy atom. The van der Waals surface area contributed by atoms with Crippen LogP contribution in [0.4, 0.5) is 0 Å². The normalized spacial score (nSPS) is 10.1. The number of rotatable bonds is 2. The van der Waals surface area contributed by atoms with E-state index in [4.69, 9.17) is 5.10 Å². The van der Waals surface area contributed by atoms with Crippen LogP contribution < -0.4 is 0 Å². The second-order valence-corrected chi connectivity index (χ2v) is 4.58. The fourth-order valence-electron chi connectivity index (χ4n) is 2.20. The van der Waals surface area contributed by atoms with Crippen molar-refractivity contribution in [2.75, 3.05) is 0 Å². The molecule has 20 heavy (non-hydrogen) atoms. The third-order valence-corrected chi connectivity index (χ3v) is 3.38. The predicted molar refractivity (Wildman–Crippen MR) is 77.3 cm³/mol. The molecule has 0 unspecified atom stereocenters. The van der Waals surface area contributed by atoms with E-state index in [2.05, 4.69) is 32.0 Å². The molecule has 1 aromatic heterocycles. The van der Waals surface area contributed by atoms with Gasteiger partial charge < -0.3 is 0 Å². The number of benzene rings is 2. The van der Waals surface area contributed by atoms with Gasteiger partial charge in [-0.1, -0.05) is 30.3 Å². The summed E-state index contributed by atoms with van der Waals surface area (Å²) < 4.78 is 1.96. The summed E-state index contributed by atoms with van der Waals surface area (Å²) in [6, 6.07) is 21.4. The summed E-state index contributed by atoms with van der Waals surface area (Å²) in [7, 11) is 0. The summed E-state index contributed by atoms with van der Waals surface area (Å²) in [5.74, 6) is 0. The third kappa shape index (κ3) is 2.60. The molecule has 0 fully saturated rings. The molecular weight excluding hydrogens is 424 g/mol. The topological polar surface area (TPSA) is 17.8 Å². The molecule has 3 aromatic rings. The smallest absolute Gasteiger partial charge is 0.0958 e. The Bertz CT molecular complexity index is 628. The molecule has 0 amide bonds. The first kappa shape index (κ1) is 14.7. The van der Waals surface area contributed by atoms with Crippen LogP contribution in [0.5, 0.6) is 0 Å². The summed E-state index contributed by atoms with van der Waals surface area (Å²) >= 11 is 0. The van der Waals surface area contributed by atoms with Crippen molar-refractivity contribution in [3.63, 3.8) is 0 Å². The Morgan fingerprint density at radius 3 is 2.30 bits per heavy atom. The van der Waals surface area contributed by atoms with Crippen LogP contribution in [-0.4, -0.2) is 9.78 Å². The van der Waals surface area contributed by atoms with Crippen molar-refractivity contribution >= 4 is 0 Å². The largest absolute Gasteiger partial charge is 0.262 e. The molecule has 0 atom stereocenters. The van der Waals surface area contributed by atoms with Crippen molar-refractivity contribution in [3.8, 4) is 16.9 Å². The van der Waals surface area contributed by atoms with Gasteiger partial charge in [0, 0.05) is 31.4 Å². The monoisotopic (exact) mass is 440 g/mol. The Morgan fingerprint density at radius 1 is 0.950 bits per heavy atom. The average Bonchev–Trinajstić information content (AvgIpc) is 2.77. The summed E-state index contributed by atoms with van der Waals surface area (Å²) in [5, 5.41) is 4.74. The second-order valence-electron chi connectivity index (χ2n) is 4.58. The van der Waals surface area contributed by atoms with E-state index in [0.29, 0.717) is 0 Å². The van der Waals surface area contributed by atoms with Gasteiger partial charge in [-0.25, -0.2) is 0 Å². The van der Waals surface area contributed by atoms with Crippen LogP contribution >= 0.6 is 0 Å². The zero-order chi connectivity index (χ0) is 13.2. The molecular formula is C17H15IrN2-. The molecule has 0 N–H and O–H groups in total. The van der Waals surface area contributed by atoms with E-state index in [9.17, 15) is 0 Å². The Labute approximate surface area is 132 Å². The Kier molecular flexibility index (Phi) is 4.53. The standard InChI is InChI=1S/C17H15N2.Ir/c1-13-14(2)19(16-11-7-4-8-12-16)18-17(13)15-9-5-3-6-10-15;/h3-11H,1-2H3;/q-1;. The molecule has 1 radical (unpaired) electrons. The number of hydrogen-bond donors (Lipinski definition) is 0. The van der Waals surface area contributed by atoms with Gasteiger partial charge in [-0.2, -0.15) is 29.4 Å². The van der Waals surface area contributed by atoms with Gasteiger partial charge in [-0.05, 0) is 25.1 Å². The van der Waals surface area contributed by atoms with Crippen LogP contribution in [0.3, 0.4) is 0 Å². The number of hydrogen-bond acceptors (Lipinski definition) is 1. The summed E-state index contributed by atoms with van der Waals surface area (Å²) in [6.07, 6.45) is 0. The quantitative estimate of drug-likeness (QED) is 0.553. The average molecular weight is 440 g/mol. The molecule has 0 spiro atoms. The molecule has 3 heteroatoms. The van der Waals surface area contributed by atoms with Crippen molar-refractivity contribution in [2.24, 2.45) is 0 Å². The third-order valence-electron chi connectivity index (χ3n) is 3.38. The summed E-state index contributed by atoms with van der Waals surface area (Å²) in [6.45, 7) is 4.21. The molecule has 103 valence electrons. The minimum atomic E-state index is 0. The first-order chi connectivity index (χ1) is 9.27. The van der Waals surface area contributed by atoms with Gasteiger partial charge in [0.2, 0.25) is 0 Å².